The molecule has 4 radical (unpaired) electrons. The molecule has 0 aromatic heterocycles. The maximum atomic E-state index is 8.36. The molecule has 11 heteroatoms. The predicted octanol–water partition coefficient (Wildman–Crippen LogP) is 1.16. The summed E-state index contributed by atoms with van der Waals surface area (Å²) in [6.45, 7) is 0. The molecule has 4 N–H and O–H groups in total. The topological polar surface area (TPSA) is 158 Å². The molecule has 0 saturated carbocycles. The van der Waals surface area contributed by atoms with Crippen LogP contribution in [-0.2, 0) is 0 Å². The first-order valence-electron chi connectivity index (χ1n) is 9.77. The Balaban J connectivity index is 0.000000499. The molecule has 0 spiro atoms. The second kappa shape index (κ2) is 20.2. The minimum absolute atomic E-state index is 0. The van der Waals surface area contributed by atoms with Crippen LogP contribution in [0.2, 0.25) is 0 Å². The molecule has 9 nitrogen and oxygen atoms in total. The van der Waals surface area contributed by atoms with Crippen molar-refractivity contribution >= 4 is 56.6 Å². The van der Waals surface area contributed by atoms with Crippen molar-refractivity contribution in [3.8, 4) is 0 Å². The van der Waals surface area contributed by atoms with Gasteiger partial charge in [-0.1, -0.05) is 0 Å². The Morgan fingerprint density at radius 2 is 0.600 bits per heavy atom. The number of hydrogen-bond acceptors (Lipinski definition) is 4. The SMILES string of the molecule is O.O=[N+]([O-])O.O=[N+]([O-])O.c1cc[c]([Sn][c]2ccccc2)cc1.c1cc[c]([Sn][c]2ccccc2)cc1. The molecule has 0 aliphatic carbocycles. The summed E-state index contributed by atoms with van der Waals surface area (Å²) in [7, 11) is 0. The van der Waals surface area contributed by atoms with Crippen molar-refractivity contribution in [1.29, 1.82) is 0 Å². The Morgan fingerprint density at radius 1 is 0.457 bits per heavy atom. The van der Waals surface area contributed by atoms with Gasteiger partial charge in [-0.05, 0) is 0 Å². The van der Waals surface area contributed by atoms with Gasteiger partial charge in [-0.25, -0.2) is 0 Å². The quantitative estimate of drug-likeness (QED) is 0.186. The first-order valence-corrected chi connectivity index (χ1v) is 15.5. The fraction of sp³-hybridized carbons (Fsp3) is 0. The fourth-order valence-corrected chi connectivity index (χ4v) is 8.42. The summed E-state index contributed by atoms with van der Waals surface area (Å²) in [6.07, 6.45) is 0. The zero-order valence-electron chi connectivity index (χ0n) is 18.5. The normalized spacial score (nSPS) is 8.69. The van der Waals surface area contributed by atoms with E-state index in [-0.39, 0.29) is 5.48 Å². The first kappa shape index (κ1) is 31.8. The molecule has 0 saturated heterocycles. The summed E-state index contributed by atoms with van der Waals surface area (Å²) < 4.78 is 6.16. The maximum absolute atomic E-state index is 8.36. The standard InChI is InChI=1S/4C6H5.2HNO3.H2O.2Sn/c4*1-2-4-6-5-3-1;2*2-1(3)4;;;/h4*1-5H;2*(H,2,3,4);1H2;;. The Morgan fingerprint density at radius 3 is 0.743 bits per heavy atom. The van der Waals surface area contributed by atoms with Gasteiger partial charge in [-0.3, -0.25) is 0 Å². The van der Waals surface area contributed by atoms with Crippen molar-refractivity contribution in [2.75, 3.05) is 0 Å². The summed E-state index contributed by atoms with van der Waals surface area (Å²) >= 11 is -1.03. The number of rotatable bonds is 4. The molecule has 0 unspecified atom stereocenters. The van der Waals surface area contributed by atoms with Crippen molar-refractivity contribution in [3.63, 3.8) is 0 Å². The van der Waals surface area contributed by atoms with Gasteiger partial charge >= 0.3 is 178 Å². The van der Waals surface area contributed by atoms with Gasteiger partial charge in [0.15, 0.2) is 0 Å². The molecule has 4 rings (SSSR count). The van der Waals surface area contributed by atoms with Crippen molar-refractivity contribution in [2.24, 2.45) is 0 Å². The summed E-state index contributed by atoms with van der Waals surface area (Å²) in [4.78, 5) is 16.7. The van der Waals surface area contributed by atoms with Crippen LogP contribution in [-0.4, -0.2) is 68.3 Å². The second-order valence-corrected chi connectivity index (χ2v) is 14.2. The van der Waals surface area contributed by atoms with Crippen LogP contribution in [0.1, 0.15) is 0 Å². The monoisotopic (exact) mass is 692 g/mol. The van der Waals surface area contributed by atoms with Gasteiger partial charge in [0.05, 0.1) is 0 Å². The van der Waals surface area contributed by atoms with Crippen molar-refractivity contribution in [2.45, 2.75) is 0 Å². The van der Waals surface area contributed by atoms with Crippen LogP contribution in [0.15, 0.2) is 121 Å². The average molecular weight is 690 g/mol. The van der Waals surface area contributed by atoms with Gasteiger partial charge < -0.3 is 15.9 Å². The van der Waals surface area contributed by atoms with E-state index in [0.29, 0.717) is 0 Å². The van der Waals surface area contributed by atoms with Crippen LogP contribution in [0.3, 0.4) is 0 Å². The number of hydrogen-bond donors (Lipinski definition) is 2. The molecule has 0 aliphatic heterocycles. The van der Waals surface area contributed by atoms with Crippen LogP contribution >= 0.6 is 0 Å². The van der Waals surface area contributed by atoms with E-state index >= 15 is 0 Å². The van der Waals surface area contributed by atoms with E-state index in [2.05, 4.69) is 121 Å². The molecule has 35 heavy (non-hydrogen) atoms. The van der Waals surface area contributed by atoms with E-state index in [1.54, 1.807) is 0 Å². The first-order chi connectivity index (χ1) is 16.4. The van der Waals surface area contributed by atoms with Gasteiger partial charge in [0.1, 0.15) is 0 Å². The molecule has 0 aliphatic rings. The molecule has 0 atom stereocenters. The van der Waals surface area contributed by atoms with E-state index in [9.17, 15) is 0 Å². The summed E-state index contributed by atoms with van der Waals surface area (Å²) in [5.41, 5.74) is 0. The summed E-state index contributed by atoms with van der Waals surface area (Å²) in [5, 5.41) is 27.3. The van der Waals surface area contributed by atoms with E-state index in [0.717, 1.165) is 0 Å². The van der Waals surface area contributed by atoms with Gasteiger partial charge in [0.2, 0.25) is 0 Å². The van der Waals surface area contributed by atoms with Crippen LogP contribution in [0.5, 0.6) is 0 Å². The van der Waals surface area contributed by atoms with Crippen molar-refractivity contribution < 1.29 is 26.1 Å². The van der Waals surface area contributed by atoms with E-state index in [1.807, 2.05) is 0 Å². The zero-order valence-corrected chi connectivity index (χ0v) is 24.2. The Labute approximate surface area is 223 Å². The predicted molar refractivity (Wildman–Crippen MR) is 137 cm³/mol. The third-order valence-corrected chi connectivity index (χ3v) is 10.8. The summed E-state index contributed by atoms with van der Waals surface area (Å²) in [6, 6.07) is 43.2. The van der Waals surface area contributed by atoms with Gasteiger partial charge in [0.25, 0.3) is 10.2 Å². The number of benzene rings is 4. The van der Waals surface area contributed by atoms with Gasteiger partial charge in [0, 0.05) is 0 Å². The van der Waals surface area contributed by atoms with Gasteiger partial charge in [-0.15, -0.1) is 20.2 Å². The van der Waals surface area contributed by atoms with Crippen molar-refractivity contribution in [3.05, 3.63) is 142 Å². The fourth-order valence-electron chi connectivity index (χ4n) is 2.42. The Bertz CT molecular complexity index is 904. The average Bonchev–Trinajstić information content (AvgIpc) is 2.82. The third kappa shape index (κ3) is 18.9. The van der Waals surface area contributed by atoms with Crippen LogP contribution < -0.4 is 14.3 Å². The molecular formula is C24H24N2O7Sn2. The zero-order chi connectivity index (χ0) is 25.0. The van der Waals surface area contributed by atoms with Crippen LogP contribution in [0, 0.1) is 20.2 Å². The molecule has 0 amide bonds. The van der Waals surface area contributed by atoms with Gasteiger partial charge in [-0.2, -0.15) is 0 Å². The number of nitrogens with zero attached hydrogens (tertiary/aromatic N) is 2. The van der Waals surface area contributed by atoms with E-state index in [4.69, 9.17) is 30.6 Å². The molecule has 0 heterocycles. The second-order valence-electron chi connectivity index (χ2n) is 6.19. The Kier molecular flexibility index (Phi) is 18.4. The molecule has 180 valence electrons. The minimum atomic E-state index is -1.50. The van der Waals surface area contributed by atoms with E-state index in [1.165, 1.54) is 14.3 Å². The van der Waals surface area contributed by atoms with Crippen molar-refractivity contribution in [1.82, 2.24) is 0 Å². The molecule has 0 fully saturated rings. The third-order valence-electron chi connectivity index (χ3n) is 3.67. The molecular weight excluding hydrogens is 666 g/mol. The van der Waals surface area contributed by atoms with Crippen LogP contribution in [0.25, 0.3) is 0 Å². The molecule has 4 aromatic rings. The van der Waals surface area contributed by atoms with E-state index < -0.39 is 52.5 Å². The molecule has 4 aromatic carbocycles. The summed E-state index contributed by atoms with van der Waals surface area (Å²) in [5.74, 6) is 0. The molecule has 0 bridgehead atoms. The Hall–Kier alpha value is -3.16. The van der Waals surface area contributed by atoms with Crippen LogP contribution in [0.4, 0.5) is 0 Å².